The van der Waals surface area contributed by atoms with Crippen molar-refractivity contribution in [1.82, 2.24) is 25.7 Å². The molecule has 0 bridgehead atoms. The highest BCUT2D eigenvalue weighted by Gasteiger charge is 2.38. The summed E-state index contributed by atoms with van der Waals surface area (Å²) >= 11 is 1.21. The largest absolute Gasteiger partial charge is 0.367 e. The van der Waals surface area contributed by atoms with Crippen molar-refractivity contribution in [3.05, 3.63) is 59.7 Å². The molecule has 156 valence electrons. The number of carbonyl (C=O) groups excluding carboxylic acids is 1. The number of methoxy groups -OCH3 is 1. The van der Waals surface area contributed by atoms with E-state index in [4.69, 9.17) is 4.74 Å². The van der Waals surface area contributed by atoms with Crippen molar-refractivity contribution in [1.29, 1.82) is 0 Å². The molecular formula is C19H20FN7O2S. The van der Waals surface area contributed by atoms with Gasteiger partial charge in [0.05, 0.1) is 11.2 Å². The van der Waals surface area contributed by atoms with Crippen LogP contribution in [-0.2, 0) is 15.1 Å². The fraction of sp³-hybridized carbons (Fsp3) is 0.316. The minimum atomic E-state index is -0.893. The van der Waals surface area contributed by atoms with Crippen molar-refractivity contribution in [2.75, 3.05) is 30.8 Å². The van der Waals surface area contributed by atoms with E-state index in [1.807, 2.05) is 12.1 Å². The molecule has 1 fully saturated rings. The Labute approximate surface area is 176 Å². The van der Waals surface area contributed by atoms with Crippen LogP contribution < -0.4 is 16.0 Å². The third-order valence-corrected chi connectivity index (χ3v) is 5.62. The number of nitrogens with one attached hydrogen (secondary N) is 3. The van der Waals surface area contributed by atoms with Gasteiger partial charge < -0.3 is 15.4 Å². The number of ether oxygens (including phenoxy) is 1. The van der Waals surface area contributed by atoms with Crippen LogP contribution in [0.3, 0.4) is 0 Å². The molecule has 4 rings (SSSR count). The molecule has 2 aromatic heterocycles. The van der Waals surface area contributed by atoms with E-state index in [0.717, 1.165) is 18.7 Å². The van der Waals surface area contributed by atoms with Crippen molar-refractivity contribution in [2.45, 2.75) is 18.1 Å². The normalized spacial score (nSPS) is 19.4. The fourth-order valence-electron chi connectivity index (χ4n) is 3.37. The molecule has 9 nitrogen and oxygen atoms in total. The average Bonchev–Trinajstić information content (AvgIpc) is 3.41. The number of rotatable bonds is 7. The summed E-state index contributed by atoms with van der Waals surface area (Å²) in [6.45, 7) is 1.50. The molecule has 3 N–H and O–H groups in total. The molecule has 2 atom stereocenters. The maximum absolute atomic E-state index is 13.1. The van der Waals surface area contributed by atoms with Crippen LogP contribution in [0.25, 0.3) is 0 Å². The number of nitrogens with zero attached hydrogens (tertiary/aromatic N) is 4. The highest BCUT2D eigenvalue weighted by atomic mass is 32.1. The molecule has 11 heteroatoms. The Bertz CT molecular complexity index is 994. The second-order valence-corrected chi connectivity index (χ2v) is 7.79. The maximum atomic E-state index is 13.1. The summed E-state index contributed by atoms with van der Waals surface area (Å²) in [5, 5.41) is 26.7. The minimum Gasteiger partial charge on any atom is -0.367 e. The Morgan fingerprint density at radius 3 is 2.70 bits per heavy atom. The van der Waals surface area contributed by atoms with Gasteiger partial charge in [-0.2, -0.15) is 10.2 Å². The summed E-state index contributed by atoms with van der Waals surface area (Å²) in [7, 11) is 1.42. The molecule has 3 heterocycles. The summed E-state index contributed by atoms with van der Waals surface area (Å²) in [5.74, 6) is -0.801. The SMILES string of the molecule is CO[C@H](C(=O)Nc1nnc(NC2(c3cccnn3)CCNC2)s1)c1ccc(F)cc1. The molecule has 1 aliphatic rings. The number of hydrogen-bond donors (Lipinski definition) is 3. The van der Waals surface area contributed by atoms with Gasteiger partial charge in [-0.05, 0) is 42.8 Å². The molecule has 0 saturated carbocycles. The van der Waals surface area contributed by atoms with Gasteiger partial charge in [0, 0.05) is 19.9 Å². The van der Waals surface area contributed by atoms with Crippen molar-refractivity contribution in [3.63, 3.8) is 0 Å². The highest BCUT2D eigenvalue weighted by molar-refractivity contribution is 7.19. The summed E-state index contributed by atoms with van der Waals surface area (Å²) in [6.07, 6.45) is 1.55. The quantitative estimate of drug-likeness (QED) is 0.523. The monoisotopic (exact) mass is 429 g/mol. The van der Waals surface area contributed by atoms with Crippen LogP contribution in [0.1, 0.15) is 23.8 Å². The molecule has 30 heavy (non-hydrogen) atoms. The highest BCUT2D eigenvalue weighted by Crippen LogP contribution is 2.33. The third-order valence-electron chi connectivity index (χ3n) is 4.87. The van der Waals surface area contributed by atoms with Crippen LogP contribution in [0.5, 0.6) is 0 Å². The lowest BCUT2D eigenvalue weighted by Crippen LogP contribution is -2.38. The molecule has 3 aromatic rings. The standard InChI is InChI=1S/C19H20FN7O2S/c1-29-15(12-4-6-13(20)7-5-12)16(28)23-17-26-27-18(30-17)24-19(8-10-21-11-19)14-3-2-9-22-25-14/h2-7,9,15,21H,8,10-11H2,1H3,(H,24,27)(H,23,26,28)/t15-,19?/m0/s1. The van der Waals surface area contributed by atoms with Gasteiger partial charge in [-0.1, -0.05) is 23.5 Å². The van der Waals surface area contributed by atoms with Gasteiger partial charge in [-0.3, -0.25) is 10.1 Å². The van der Waals surface area contributed by atoms with Gasteiger partial charge in [0.15, 0.2) is 6.10 Å². The second kappa shape index (κ2) is 8.78. The number of halogens is 1. The first kappa shape index (κ1) is 20.3. The third kappa shape index (κ3) is 4.27. The molecule has 1 aromatic carbocycles. The molecule has 0 spiro atoms. The van der Waals surface area contributed by atoms with Crippen LogP contribution >= 0.6 is 11.3 Å². The first-order chi connectivity index (χ1) is 14.6. The van der Waals surface area contributed by atoms with Crippen molar-refractivity contribution in [2.24, 2.45) is 0 Å². The zero-order valence-electron chi connectivity index (χ0n) is 16.1. The molecule has 1 unspecified atom stereocenters. The number of amides is 1. The molecule has 1 amide bonds. The van der Waals surface area contributed by atoms with E-state index in [2.05, 4.69) is 36.3 Å². The molecule has 0 radical (unpaired) electrons. The molecule has 0 aliphatic carbocycles. The fourth-order valence-corrected chi connectivity index (χ4v) is 4.11. The van der Waals surface area contributed by atoms with Crippen LogP contribution in [0, 0.1) is 5.82 Å². The van der Waals surface area contributed by atoms with Crippen LogP contribution in [0.15, 0.2) is 42.6 Å². The topological polar surface area (TPSA) is 114 Å². The van der Waals surface area contributed by atoms with E-state index in [1.165, 1.54) is 42.7 Å². The van der Waals surface area contributed by atoms with Crippen molar-refractivity contribution in [3.8, 4) is 0 Å². The first-order valence-electron chi connectivity index (χ1n) is 9.29. The lowest BCUT2D eigenvalue weighted by molar-refractivity contribution is -0.126. The summed E-state index contributed by atoms with van der Waals surface area (Å²) < 4.78 is 18.4. The van der Waals surface area contributed by atoms with E-state index >= 15 is 0 Å². The Morgan fingerprint density at radius 2 is 2.03 bits per heavy atom. The van der Waals surface area contributed by atoms with E-state index in [-0.39, 0.29) is 5.82 Å². The van der Waals surface area contributed by atoms with Gasteiger partial charge >= 0.3 is 0 Å². The summed E-state index contributed by atoms with van der Waals surface area (Å²) in [6, 6.07) is 9.34. The Kier molecular flexibility index (Phi) is 5.93. The van der Waals surface area contributed by atoms with E-state index in [9.17, 15) is 9.18 Å². The lowest BCUT2D eigenvalue weighted by Gasteiger charge is -2.27. The average molecular weight is 429 g/mol. The van der Waals surface area contributed by atoms with Crippen LogP contribution in [-0.4, -0.2) is 46.5 Å². The summed E-state index contributed by atoms with van der Waals surface area (Å²) in [5.41, 5.74) is 0.905. The van der Waals surface area contributed by atoms with Crippen LogP contribution in [0.2, 0.25) is 0 Å². The number of hydrogen-bond acceptors (Lipinski definition) is 9. The van der Waals surface area contributed by atoms with Crippen LogP contribution in [0.4, 0.5) is 14.7 Å². The number of aromatic nitrogens is 4. The molecule has 1 saturated heterocycles. The van der Waals surface area contributed by atoms with E-state index in [0.29, 0.717) is 22.4 Å². The van der Waals surface area contributed by atoms with Gasteiger partial charge in [0.1, 0.15) is 5.82 Å². The zero-order valence-corrected chi connectivity index (χ0v) is 16.9. The van der Waals surface area contributed by atoms with Gasteiger partial charge in [-0.25, -0.2) is 4.39 Å². The molecular weight excluding hydrogens is 409 g/mol. The zero-order chi connectivity index (χ0) is 21.0. The van der Waals surface area contributed by atoms with Crippen molar-refractivity contribution < 1.29 is 13.9 Å². The minimum absolute atomic E-state index is 0.326. The lowest BCUT2D eigenvalue weighted by atomic mass is 9.94. The first-order valence-corrected chi connectivity index (χ1v) is 10.1. The predicted octanol–water partition coefficient (Wildman–Crippen LogP) is 2.09. The van der Waals surface area contributed by atoms with Gasteiger partial charge in [0.2, 0.25) is 10.3 Å². The van der Waals surface area contributed by atoms with E-state index in [1.54, 1.807) is 6.20 Å². The smallest absolute Gasteiger partial charge is 0.259 e. The number of benzene rings is 1. The Hall–Kier alpha value is -3.02. The summed E-state index contributed by atoms with van der Waals surface area (Å²) in [4.78, 5) is 12.6. The molecule has 1 aliphatic heterocycles. The second-order valence-electron chi connectivity index (χ2n) is 6.81. The Morgan fingerprint density at radius 1 is 1.23 bits per heavy atom. The van der Waals surface area contributed by atoms with E-state index < -0.39 is 17.6 Å². The number of carbonyl (C=O) groups is 1. The maximum Gasteiger partial charge on any atom is 0.259 e. The predicted molar refractivity (Wildman–Crippen MR) is 110 cm³/mol. The number of anilines is 2. The Balaban J connectivity index is 1.47. The van der Waals surface area contributed by atoms with Gasteiger partial charge in [-0.15, -0.1) is 10.2 Å². The van der Waals surface area contributed by atoms with Gasteiger partial charge in [0.25, 0.3) is 5.91 Å². The van der Waals surface area contributed by atoms with Crippen molar-refractivity contribution >= 4 is 27.5 Å².